The molecule has 0 atom stereocenters. The first-order chi connectivity index (χ1) is 11.9. The van der Waals surface area contributed by atoms with Gasteiger partial charge in [-0.25, -0.2) is 19.3 Å². The Morgan fingerprint density at radius 2 is 2.12 bits per heavy atom. The zero-order chi connectivity index (χ0) is 18.0. The maximum atomic E-state index is 12.0. The summed E-state index contributed by atoms with van der Waals surface area (Å²) in [6, 6.07) is 5.00. The van der Waals surface area contributed by atoms with E-state index in [1.165, 1.54) is 10.7 Å². The Hall–Kier alpha value is -3.07. The van der Waals surface area contributed by atoms with E-state index in [0.29, 0.717) is 5.69 Å². The number of ether oxygens (including phenoxy) is 1. The average molecular weight is 361 g/mol. The van der Waals surface area contributed by atoms with E-state index < -0.39 is 18.5 Å². The molecule has 1 amide bonds. The second kappa shape index (κ2) is 6.81. The number of carbonyl (C=O) groups excluding carboxylic acids is 2. The normalized spacial score (nSPS) is 10.7. The lowest BCUT2D eigenvalue weighted by atomic mass is 10.4. The molecule has 10 heteroatoms. The molecule has 0 aromatic carbocycles. The monoisotopic (exact) mass is 360 g/mol. The number of rotatable bonds is 4. The number of aromatic nitrogens is 5. The van der Waals surface area contributed by atoms with E-state index in [-0.39, 0.29) is 16.8 Å². The zero-order valence-corrected chi connectivity index (χ0v) is 14.1. The van der Waals surface area contributed by atoms with Crippen molar-refractivity contribution in [1.29, 1.82) is 0 Å². The van der Waals surface area contributed by atoms with Gasteiger partial charge in [0.2, 0.25) is 0 Å². The van der Waals surface area contributed by atoms with Gasteiger partial charge in [-0.2, -0.15) is 4.98 Å². The molecule has 0 bridgehead atoms. The number of nitrogens with one attached hydrogen (secondary N) is 1. The molecule has 0 spiro atoms. The first-order valence-electron chi connectivity index (χ1n) is 7.22. The minimum Gasteiger partial charge on any atom is -0.450 e. The lowest BCUT2D eigenvalue weighted by Crippen LogP contribution is -2.21. The lowest BCUT2D eigenvalue weighted by Gasteiger charge is -2.06. The number of halogens is 1. The number of anilines is 1. The third-order valence-corrected chi connectivity index (χ3v) is 3.47. The van der Waals surface area contributed by atoms with E-state index in [0.717, 1.165) is 11.4 Å². The van der Waals surface area contributed by atoms with Crippen molar-refractivity contribution in [3.63, 3.8) is 0 Å². The summed E-state index contributed by atoms with van der Waals surface area (Å²) in [7, 11) is 0. The summed E-state index contributed by atoms with van der Waals surface area (Å²) in [6.45, 7) is 3.12. The molecule has 9 nitrogen and oxygen atoms in total. The van der Waals surface area contributed by atoms with Crippen LogP contribution >= 0.6 is 11.6 Å². The van der Waals surface area contributed by atoms with Crippen LogP contribution in [0.15, 0.2) is 24.4 Å². The van der Waals surface area contributed by atoms with Gasteiger partial charge in [-0.1, -0.05) is 11.6 Å². The molecule has 0 unspecified atom stereocenters. The van der Waals surface area contributed by atoms with E-state index in [2.05, 4.69) is 25.4 Å². The summed E-state index contributed by atoms with van der Waals surface area (Å²) < 4.78 is 6.35. The second-order valence-corrected chi connectivity index (χ2v) is 5.51. The molecule has 1 N–H and O–H groups in total. The summed E-state index contributed by atoms with van der Waals surface area (Å²) in [6.07, 6.45) is 1.49. The first-order valence-corrected chi connectivity index (χ1v) is 7.60. The number of carbonyl (C=O) groups is 2. The number of pyridine rings is 1. The van der Waals surface area contributed by atoms with E-state index in [4.69, 9.17) is 16.3 Å². The summed E-state index contributed by atoms with van der Waals surface area (Å²) >= 11 is 5.84. The SMILES string of the molecule is Cc1cc(C)n2nc(C(=O)OCC(=O)Nc3cccnc3Cl)nc2n1. The number of amides is 1. The van der Waals surface area contributed by atoms with Crippen LogP contribution in [0.25, 0.3) is 5.78 Å². The third-order valence-electron chi connectivity index (χ3n) is 3.17. The standard InChI is InChI=1S/C15H13ClN6O3/c1-8-6-9(2)22-15(18-8)20-13(21-22)14(24)25-7-11(23)19-10-4-3-5-17-12(10)16/h3-6H,7H2,1-2H3,(H,19,23). The van der Waals surface area contributed by atoms with Gasteiger partial charge in [-0.05, 0) is 32.0 Å². The van der Waals surface area contributed by atoms with Crippen LogP contribution in [-0.2, 0) is 9.53 Å². The molecule has 3 rings (SSSR count). The minimum absolute atomic E-state index is 0.140. The van der Waals surface area contributed by atoms with Crippen molar-refractivity contribution < 1.29 is 14.3 Å². The molecule has 128 valence electrons. The number of fused-ring (bicyclic) bond motifs is 1. The number of aryl methyl sites for hydroxylation is 2. The number of esters is 1. The van der Waals surface area contributed by atoms with E-state index in [1.54, 1.807) is 12.1 Å². The van der Waals surface area contributed by atoms with Crippen LogP contribution in [0.4, 0.5) is 5.69 Å². The fraction of sp³-hybridized carbons (Fsp3) is 0.200. The van der Waals surface area contributed by atoms with Gasteiger partial charge >= 0.3 is 5.97 Å². The summed E-state index contributed by atoms with van der Waals surface area (Å²) in [5.74, 6) is -1.27. The number of hydrogen-bond donors (Lipinski definition) is 1. The molecule has 0 radical (unpaired) electrons. The van der Waals surface area contributed by atoms with Crippen LogP contribution in [0.5, 0.6) is 0 Å². The molecule has 0 fully saturated rings. The van der Waals surface area contributed by atoms with Crippen molar-refractivity contribution in [2.45, 2.75) is 13.8 Å². The summed E-state index contributed by atoms with van der Waals surface area (Å²) in [5.41, 5.74) is 1.86. The van der Waals surface area contributed by atoms with E-state index in [1.807, 2.05) is 19.9 Å². The fourth-order valence-corrected chi connectivity index (χ4v) is 2.28. The summed E-state index contributed by atoms with van der Waals surface area (Å²) in [4.78, 5) is 35.9. The Kier molecular flexibility index (Phi) is 4.57. The molecule has 0 aliphatic heterocycles. The average Bonchev–Trinajstić information content (AvgIpc) is 2.99. The largest absolute Gasteiger partial charge is 0.450 e. The molecule has 3 heterocycles. The fourth-order valence-electron chi connectivity index (χ4n) is 2.11. The van der Waals surface area contributed by atoms with Crippen LogP contribution in [0.2, 0.25) is 5.15 Å². The molecular formula is C15H13ClN6O3. The maximum absolute atomic E-state index is 12.0. The quantitative estimate of drug-likeness (QED) is 0.555. The zero-order valence-electron chi connectivity index (χ0n) is 13.4. The molecule has 0 aliphatic carbocycles. The molecular weight excluding hydrogens is 348 g/mol. The first kappa shape index (κ1) is 16.8. The Morgan fingerprint density at radius 1 is 1.32 bits per heavy atom. The van der Waals surface area contributed by atoms with Crippen molar-refractivity contribution in [3.05, 3.63) is 46.8 Å². The van der Waals surface area contributed by atoms with Crippen molar-refractivity contribution in [2.24, 2.45) is 0 Å². The highest BCUT2D eigenvalue weighted by atomic mass is 35.5. The van der Waals surface area contributed by atoms with E-state index >= 15 is 0 Å². The highest BCUT2D eigenvalue weighted by Gasteiger charge is 2.18. The number of nitrogens with zero attached hydrogens (tertiary/aromatic N) is 5. The second-order valence-electron chi connectivity index (χ2n) is 5.15. The molecule has 3 aromatic rings. The van der Waals surface area contributed by atoms with Gasteiger partial charge < -0.3 is 10.1 Å². The Morgan fingerprint density at radius 3 is 2.88 bits per heavy atom. The third kappa shape index (κ3) is 3.72. The van der Waals surface area contributed by atoms with Gasteiger partial charge in [0.05, 0.1) is 5.69 Å². The van der Waals surface area contributed by atoms with Gasteiger partial charge in [0.1, 0.15) is 0 Å². The van der Waals surface area contributed by atoms with Gasteiger partial charge in [0, 0.05) is 17.6 Å². The Bertz CT molecular complexity index is 971. The highest BCUT2D eigenvalue weighted by Crippen LogP contribution is 2.17. The van der Waals surface area contributed by atoms with Gasteiger partial charge in [0.15, 0.2) is 11.8 Å². The van der Waals surface area contributed by atoms with Crippen LogP contribution in [0, 0.1) is 13.8 Å². The Labute approximate surface area is 147 Å². The molecule has 25 heavy (non-hydrogen) atoms. The van der Waals surface area contributed by atoms with Crippen molar-refractivity contribution >= 4 is 34.9 Å². The predicted octanol–water partition coefficient (Wildman–Crippen LogP) is 1.59. The van der Waals surface area contributed by atoms with Crippen molar-refractivity contribution in [1.82, 2.24) is 24.6 Å². The smallest absolute Gasteiger partial charge is 0.378 e. The molecule has 3 aromatic heterocycles. The molecule has 0 saturated carbocycles. The van der Waals surface area contributed by atoms with Gasteiger partial charge in [0.25, 0.3) is 17.5 Å². The highest BCUT2D eigenvalue weighted by molar-refractivity contribution is 6.32. The Balaban J connectivity index is 1.65. The molecule has 0 aliphatic rings. The van der Waals surface area contributed by atoms with Crippen LogP contribution in [0.1, 0.15) is 22.0 Å². The lowest BCUT2D eigenvalue weighted by molar-refractivity contribution is -0.119. The predicted molar refractivity (Wildman–Crippen MR) is 88.4 cm³/mol. The number of hydrogen-bond acceptors (Lipinski definition) is 7. The maximum Gasteiger partial charge on any atom is 0.378 e. The minimum atomic E-state index is -0.824. The van der Waals surface area contributed by atoms with Crippen LogP contribution in [-0.4, -0.2) is 43.0 Å². The summed E-state index contributed by atoms with van der Waals surface area (Å²) in [5, 5.41) is 6.67. The van der Waals surface area contributed by atoms with Crippen molar-refractivity contribution in [3.8, 4) is 0 Å². The topological polar surface area (TPSA) is 111 Å². The van der Waals surface area contributed by atoms with E-state index in [9.17, 15) is 9.59 Å². The van der Waals surface area contributed by atoms with Crippen LogP contribution in [0.3, 0.4) is 0 Å². The molecule has 0 saturated heterocycles. The van der Waals surface area contributed by atoms with Crippen LogP contribution < -0.4 is 5.32 Å². The van der Waals surface area contributed by atoms with Gasteiger partial charge in [-0.3, -0.25) is 4.79 Å². The van der Waals surface area contributed by atoms with Crippen molar-refractivity contribution in [2.75, 3.05) is 11.9 Å². The van der Waals surface area contributed by atoms with Gasteiger partial charge in [-0.15, -0.1) is 5.10 Å².